The van der Waals surface area contributed by atoms with E-state index in [0.717, 1.165) is 56.8 Å². The smallest absolute Gasteiger partial charge is 0.226 e. The lowest BCUT2D eigenvalue weighted by Crippen LogP contribution is -2.47. The molecular formula is C13H26N2O2S. The summed E-state index contributed by atoms with van der Waals surface area (Å²) in [6.45, 7) is 5.01. The van der Waals surface area contributed by atoms with Crippen LogP contribution in [0.2, 0.25) is 0 Å². The van der Waals surface area contributed by atoms with Crippen molar-refractivity contribution in [1.82, 2.24) is 10.6 Å². The van der Waals surface area contributed by atoms with Gasteiger partial charge in [-0.15, -0.1) is 0 Å². The highest BCUT2D eigenvalue weighted by molar-refractivity contribution is 7.99. The van der Waals surface area contributed by atoms with Crippen molar-refractivity contribution < 1.29 is 9.90 Å². The highest BCUT2D eigenvalue weighted by Gasteiger charge is 2.37. The SMILES string of the molecule is CCC1(C(=O)NCCSCCCO)CCNCC1. The number of amides is 1. The molecule has 0 aromatic heterocycles. The fraction of sp³-hybridized carbons (Fsp3) is 0.923. The first kappa shape index (κ1) is 15.8. The molecule has 1 aliphatic heterocycles. The van der Waals surface area contributed by atoms with Crippen molar-refractivity contribution in [2.75, 3.05) is 37.7 Å². The molecule has 0 aliphatic carbocycles. The minimum atomic E-state index is -0.138. The number of hydrogen-bond acceptors (Lipinski definition) is 4. The molecule has 1 saturated heterocycles. The zero-order valence-electron chi connectivity index (χ0n) is 11.3. The first-order valence-electron chi connectivity index (χ1n) is 6.93. The number of hydrogen-bond donors (Lipinski definition) is 3. The number of nitrogens with one attached hydrogen (secondary N) is 2. The normalized spacial score (nSPS) is 18.6. The van der Waals surface area contributed by atoms with Crippen molar-refractivity contribution >= 4 is 17.7 Å². The van der Waals surface area contributed by atoms with Gasteiger partial charge >= 0.3 is 0 Å². The number of carbonyl (C=O) groups excluding carboxylic acids is 1. The van der Waals surface area contributed by atoms with Gasteiger partial charge in [0.15, 0.2) is 0 Å². The van der Waals surface area contributed by atoms with Crippen LogP contribution < -0.4 is 10.6 Å². The third kappa shape index (κ3) is 4.78. The van der Waals surface area contributed by atoms with E-state index < -0.39 is 0 Å². The Morgan fingerprint density at radius 1 is 1.39 bits per heavy atom. The van der Waals surface area contributed by atoms with Gasteiger partial charge in [0, 0.05) is 18.9 Å². The maximum atomic E-state index is 12.3. The van der Waals surface area contributed by atoms with Crippen molar-refractivity contribution in [3.63, 3.8) is 0 Å². The zero-order chi connectivity index (χ0) is 13.3. The molecule has 1 amide bonds. The summed E-state index contributed by atoms with van der Waals surface area (Å²) < 4.78 is 0. The van der Waals surface area contributed by atoms with Gasteiger partial charge in [0.2, 0.25) is 5.91 Å². The molecule has 1 fully saturated rings. The van der Waals surface area contributed by atoms with Crippen LogP contribution in [0.5, 0.6) is 0 Å². The second kappa shape index (κ2) is 8.77. The van der Waals surface area contributed by atoms with Gasteiger partial charge in [-0.25, -0.2) is 0 Å². The van der Waals surface area contributed by atoms with Gasteiger partial charge in [-0.05, 0) is 44.5 Å². The van der Waals surface area contributed by atoms with Gasteiger partial charge in [0.25, 0.3) is 0 Å². The van der Waals surface area contributed by atoms with E-state index in [1.807, 2.05) is 0 Å². The van der Waals surface area contributed by atoms with Crippen LogP contribution in [0.3, 0.4) is 0 Å². The van der Waals surface area contributed by atoms with Crippen LogP contribution in [0, 0.1) is 5.41 Å². The maximum absolute atomic E-state index is 12.3. The maximum Gasteiger partial charge on any atom is 0.226 e. The van der Waals surface area contributed by atoms with Crippen LogP contribution in [-0.4, -0.2) is 48.8 Å². The molecule has 0 spiro atoms. The van der Waals surface area contributed by atoms with E-state index in [0.29, 0.717) is 0 Å². The van der Waals surface area contributed by atoms with Crippen LogP contribution in [0.4, 0.5) is 0 Å². The summed E-state index contributed by atoms with van der Waals surface area (Å²) in [6.07, 6.45) is 3.67. The fourth-order valence-corrected chi connectivity index (χ4v) is 3.12. The monoisotopic (exact) mass is 274 g/mol. The molecule has 18 heavy (non-hydrogen) atoms. The van der Waals surface area contributed by atoms with Gasteiger partial charge in [-0.1, -0.05) is 6.92 Å². The van der Waals surface area contributed by atoms with E-state index in [-0.39, 0.29) is 17.9 Å². The number of aliphatic hydroxyl groups is 1. The first-order valence-corrected chi connectivity index (χ1v) is 8.08. The third-order valence-corrected chi connectivity index (χ3v) is 4.77. The summed E-state index contributed by atoms with van der Waals surface area (Å²) >= 11 is 1.79. The summed E-state index contributed by atoms with van der Waals surface area (Å²) in [5, 5.41) is 15.0. The third-order valence-electron chi connectivity index (χ3n) is 3.70. The molecule has 0 unspecified atom stereocenters. The largest absolute Gasteiger partial charge is 0.396 e. The lowest BCUT2D eigenvalue weighted by Gasteiger charge is -2.35. The summed E-state index contributed by atoms with van der Waals surface area (Å²) in [7, 11) is 0. The van der Waals surface area contributed by atoms with E-state index in [2.05, 4.69) is 17.6 Å². The molecule has 1 rings (SSSR count). The van der Waals surface area contributed by atoms with E-state index in [4.69, 9.17) is 5.11 Å². The molecule has 0 bridgehead atoms. The van der Waals surface area contributed by atoms with E-state index in [1.54, 1.807) is 11.8 Å². The molecule has 5 heteroatoms. The Hall–Kier alpha value is -0.260. The van der Waals surface area contributed by atoms with Crippen LogP contribution in [0.25, 0.3) is 0 Å². The number of thioether (sulfide) groups is 1. The Kier molecular flexibility index (Phi) is 7.70. The first-order chi connectivity index (χ1) is 8.75. The second-order valence-electron chi connectivity index (χ2n) is 4.83. The molecule has 3 N–H and O–H groups in total. The Bertz CT molecular complexity index is 243. The van der Waals surface area contributed by atoms with Crippen molar-refractivity contribution in [2.24, 2.45) is 5.41 Å². The standard InChI is InChI=1S/C13H26N2O2S/c1-2-13(4-6-14-7-5-13)12(17)15-8-11-18-10-3-9-16/h14,16H,2-11H2,1H3,(H,15,17). The van der Waals surface area contributed by atoms with Gasteiger partial charge in [0.1, 0.15) is 0 Å². The van der Waals surface area contributed by atoms with Crippen molar-refractivity contribution in [2.45, 2.75) is 32.6 Å². The summed E-state index contributed by atoms with van der Waals surface area (Å²) in [6, 6.07) is 0. The average molecular weight is 274 g/mol. The molecular weight excluding hydrogens is 248 g/mol. The molecule has 106 valence electrons. The minimum absolute atomic E-state index is 0.138. The number of aliphatic hydroxyl groups excluding tert-OH is 1. The number of rotatable bonds is 8. The van der Waals surface area contributed by atoms with Crippen molar-refractivity contribution in [3.8, 4) is 0 Å². The predicted octanol–water partition coefficient (Wildman–Crippen LogP) is 0.998. The van der Waals surface area contributed by atoms with Crippen LogP contribution >= 0.6 is 11.8 Å². The van der Waals surface area contributed by atoms with Crippen LogP contribution in [0.1, 0.15) is 32.6 Å². The average Bonchev–Trinajstić information content (AvgIpc) is 2.43. The van der Waals surface area contributed by atoms with Gasteiger partial charge in [0.05, 0.1) is 5.41 Å². The Labute approximate surface area is 114 Å². The van der Waals surface area contributed by atoms with E-state index in [9.17, 15) is 4.79 Å². The molecule has 0 radical (unpaired) electrons. The Balaban J connectivity index is 2.21. The van der Waals surface area contributed by atoms with Crippen molar-refractivity contribution in [3.05, 3.63) is 0 Å². The minimum Gasteiger partial charge on any atom is -0.396 e. The molecule has 4 nitrogen and oxygen atoms in total. The molecule has 0 atom stereocenters. The number of carbonyl (C=O) groups is 1. The predicted molar refractivity (Wildman–Crippen MR) is 76.9 cm³/mol. The Morgan fingerprint density at radius 2 is 2.11 bits per heavy atom. The van der Waals surface area contributed by atoms with Gasteiger partial charge in [-0.3, -0.25) is 4.79 Å². The summed E-state index contributed by atoms with van der Waals surface area (Å²) in [5.74, 6) is 2.13. The topological polar surface area (TPSA) is 61.4 Å². The number of piperidine rings is 1. The fourth-order valence-electron chi connectivity index (χ4n) is 2.34. The van der Waals surface area contributed by atoms with E-state index >= 15 is 0 Å². The summed E-state index contributed by atoms with van der Waals surface area (Å²) in [4.78, 5) is 12.3. The molecule has 1 heterocycles. The van der Waals surface area contributed by atoms with Gasteiger partial charge in [-0.2, -0.15) is 11.8 Å². The lowest BCUT2D eigenvalue weighted by molar-refractivity contribution is -0.132. The van der Waals surface area contributed by atoms with Gasteiger partial charge < -0.3 is 15.7 Å². The summed E-state index contributed by atoms with van der Waals surface area (Å²) in [5.41, 5.74) is -0.138. The zero-order valence-corrected chi connectivity index (χ0v) is 12.2. The highest BCUT2D eigenvalue weighted by Crippen LogP contribution is 2.32. The molecule has 0 aromatic rings. The lowest BCUT2D eigenvalue weighted by atomic mass is 9.76. The Morgan fingerprint density at radius 3 is 2.72 bits per heavy atom. The van der Waals surface area contributed by atoms with E-state index in [1.165, 1.54) is 0 Å². The second-order valence-corrected chi connectivity index (χ2v) is 6.05. The van der Waals surface area contributed by atoms with Crippen molar-refractivity contribution in [1.29, 1.82) is 0 Å². The molecule has 0 saturated carbocycles. The van der Waals surface area contributed by atoms with Crippen LogP contribution in [0.15, 0.2) is 0 Å². The van der Waals surface area contributed by atoms with Crippen LogP contribution in [-0.2, 0) is 4.79 Å². The molecule has 0 aromatic carbocycles. The quantitative estimate of drug-likeness (QED) is 0.578. The molecule has 1 aliphatic rings. The highest BCUT2D eigenvalue weighted by atomic mass is 32.2.